The maximum atomic E-state index is 12.5. The monoisotopic (exact) mass is 418 g/mol. The number of aliphatic imine (C=N–C) groups is 1. The zero-order valence-corrected chi connectivity index (χ0v) is 16.9. The van der Waals surface area contributed by atoms with E-state index in [1.807, 2.05) is 0 Å². The molecule has 0 radical (unpaired) electrons. The van der Waals surface area contributed by atoms with Crippen LogP contribution in [-0.2, 0) is 14.8 Å². The first-order valence-electron chi connectivity index (χ1n) is 8.99. The van der Waals surface area contributed by atoms with E-state index in [1.165, 1.54) is 12.1 Å². The number of carbonyl (C=O) groups is 1. The first-order chi connectivity index (χ1) is 13.7. The second kappa shape index (κ2) is 9.89. The van der Waals surface area contributed by atoms with Crippen LogP contribution in [0.4, 0.5) is 11.4 Å². The molecule has 9 nitrogen and oxygen atoms in total. The van der Waals surface area contributed by atoms with Crippen molar-refractivity contribution in [1.29, 1.82) is 0 Å². The summed E-state index contributed by atoms with van der Waals surface area (Å²) in [7, 11) is -3.73. The summed E-state index contributed by atoms with van der Waals surface area (Å²) in [6.07, 6.45) is 0.963. The number of nitrogens with zero attached hydrogens (tertiary/aromatic N) is 1. The SMILES string of the molecule is Cc1ccc(NS(=O)(=O)c2ccccc2)cc1NC(=O)[C@H](N)CCCN=C(N)N. The summed E-state index contributed by atoms with van der Waals surface area (Å²) in [6.45, 7) is 2.19. The Hall–Kier alpha value is -3.11. The molecular formula is C19H26N6O3S. The minimum atomic E-state index is -3.73. The summed E-state index contributed by atoms with van der Waals surface area (Å²) < 4.78 is 27.5. The molecule has 1 amide bonds. The normalized spacial score (nSPS) is 12.1. The zero-order valence-electron chi connectivity index (χ0n) is 16.1. The van der Waals surface area contributed by atoms with Gasteiger partial charge in [0.15, 0.2) is 5.96 Å². The van der Waals surface area contributed by atoms with E-state index in [2.05, 4.69) is 15.0 Å². The highest BCUT2D eigenvalue weighted by Gasteiger charge is 2.17. The number of hydrogen-bond donors (Lipinski definition) is 5. The molecule has 0 heterocycles. The lowest BCUT2D eigenvalue weighted by molar-refractivity contribution is -0.117. The Bertz CT molecular complexity index is 973. The number of hydrogen-bond acceptors (Lipinski definition) is 5. The van der Waals surface area contributed by atoms with Crippen molar-refractivity contribution < 1.29 is 13.2 Å². The summed E-state index contributed by atoms with van der Waals surface area (Å²) in [4.78, 5) is 16.3. The van der Waals surface area contributed by atoms with Crippen LogP contribution >= 0.6 is 0 Å². The van der Waals surface area contributed by atoms with E-state index in [9.17, 15) is 13.2 Å². The van der Waals surface area contributed by atoms with E-state index < -0.39 is 16.1 Å². The van der Waals surface area contributed by atoms with E-state index in [1.54, 1.807) is 43.3 Å². The van der Waals surface area contributed by atoms with Crippen LogP contribution in [-0.4, -0.2) is 32.9 Å². The van der Waals surface area contributed by atoms with Crippen molar-refractivity contribution in [3.8, 4) is 0 Å². The molecule has 0 aliphatic carbocycles. The minimum absolute atomic E-state index is 0.00609. The summed E-state index contributed by atoms with van der Waals surface area (Å²) in [5.41, 5.74) is 18.0. The van der Waals surface area contributed by atoms with Gasteiger partial charge in [-0.2, -0.15) is 0 Å². The van der Waals surface area contributed by atoms with Crippen LogP contribution in [0.5, 0.6) is 0 Å². The van der Waals surface area contributed by atoms with Gasteiger partial charge >= 0.3 is 0 Å². The van der Waals surface area contributed by atoms with Gasteiger partial charge < -0.3 is 22.5 Å². The fraction of sp³-hybridized carbons (Fsp3) is 0.263. The molecular weight excluding hydrogens is 392 g/mol. The molecule has 2 rings (SSSR count). The Morgan fingerprint density at radius 3 is 2.48 bits per heavy atom. The number of anilines is 2. The maximum absolute atomic E-state index is 12.5. The van der Waals surface area contributed by atoms with E-state index >= 15 is 0 Å². The summed E-state index contributed by atoms with van der Waals surface area (Å²) in [5, 5.41) is 2.74. The number of aryl methyl sites for hydroxylation is 1. The molecule has 0 saturated heterocycles. The Labute approximate surface area is 170 Å². The predicted molar refractivity (Wildman–Crippen MR) is 115 cm³/mol. The molecule has 10 heteroatoms. The van der Waals surface area contributed by atoms with Crippen molar-refractivity contribution in [1.82, 2.24) is 0 Å². The fourth-order valence-electron chi connectivity index (χ4n) is 2.51. The van der Waals surface area contributed by atoms with Gasteiger partial charge in [0.2, 0.25) is 5.91 Å². The van der Waals surface area contributed by atoms with Crippen LogP contribution in [0.25, 0.3) is 0 Å². The van der Waals surface area contributed by atoms with Crippen molar-refractivity contribution in [2.45, 2.75) is 30.7 Å². The lowest BCUT2D eigenvalue weighted by Gasteiger charge is -2.15. The standard InChI is InChI=1S/C19H26N6O3S/c1-13-9-10-14(25-29(27,28)15-6-3-2-4-7-15)12-17(13)24-18(26)16(20)8-5-11-23-19(21)22/h2-4,6-7,9-10,12,16,25H,5,8,11,20H2,1H3,(H,24,26)(H4,21,22,23)/t16-/m1/s1. The molecule has 0 aliphatic heterocycles. The lowest BCUT2D eigenvalue weighted by atomic mass is 10.1. The average Bonchev–Trinajstić information content (AvgIpc) is 2.68. The number of benzene rings is 2. The van der Waals surface area contributed by atoms with E-state index in [0.717, 1.165) is 5.56 Å². The molecule has 8 N–H and O–H groups in total. The van der Waals surface area contributed by atoms with E-state index in [4.69, 9.17) is 17.2 Å². The molecule has 0 spiro atoms. The molecule has 2 aromatic rings. The van der Waals surface area contributed by atoms with Crippen LogP contribution in [0.2, 0.25) is 0 Å². The number of nitrogens with two attached hydrogens (primary N) is 3. The van der Waals surface area contributed by atoms with Gasteiger partial charge in [-0.05, 0) is 49.6 Å². The van der Waals surface area contributed by atoms with E-state index in [-0.39, 0.29) is 16.8 Å². The molecule has 0 aliphatic rings. The summed E-state index contributed by atoms with van der Waals surface area (Å²) >= 11 is 0. The third kappa shape index (κ3) is 6.77. The highest BCUT2D eigenvalue weighted by molar-refractivity contribution is 7.92. The van der Waals surface area contributed by atoms with Crippen molar-refractivity contribution in [3.05, 3.63) is 54.1 Å². The Morgan fingerprint density at radius 2 is 1.83 bits per heavy atom. The maximum Gasteiger partial charge on any atom is 0.261 e. The highest BCUT2D eigenvalue weighted by Crippen LogP contribution is 2.23. The number of amides is 1. The second-order valence-electron chi connectivity index (χ2n) is 6.49. The van der Waals surface area contributed by atoms with Crippen LogP contribution in [0.15, 0.2) is 58.4 Å². The van der Waals surface area contributed by atoms with Gasteiger partial charge in [0.05, 0.1) is 16.6 Å². The fourth-order valence-corrected chi connectivity index (χ4v) is 3.58. The first-order valence-corrected chi connectivity index (χ1v) is 10.5. The Balaban J connectivity index is 2.05. The molecule has 29 heavy (non-hydrogen) atoms. The highest BCUT2D eigenvalue weighted by atomic mass is 32.2. The molecule has 0 fully saturated rings. The number of rotatable bonds is 9. The van der Waals surface area contributed by atoms with Crippen molar-refractivity contribution in [2.75, 3.05) is 16.6 Å². The number of guanidine groups is 1. The number of nitrogens with one attached hydrogen (secondary N) is 2. The third-order valence-corrected chi connectivity index (χ3v) is 5.50. The van der Waals surface area contributed by atoms with Gasteiger partial charge in [-0.3, -0.25) is 14.5 Å². The van der Waals surface area contributed by atoms with Crippen LogP contribution in [0, 0.1) is 6.92 Å². The van der Waals surface area contributed by atoms with Gasteiger partial charge in [-0.25, -0.2) is 8.42 Å². The van der Waals surface area contributed by atoms with Gasteiger partial charge in [-0.1, -0.05) is 24.3 Å². The molecule has 0 unspecified atom stereocenters. The predicted octanol–water partition coefficient (Wildman–Crippen LogP) is 1.12. The minimum Gasteiger partial charge on any atom is -0.370 e. The van der Waals surface area contributed by atoms with Crippen LogP contribution < -0.4 is 27.2 Å². The van der Waals surface area contributed by atoms with Gasteiger partial charge in [0.1, 0.15) is 0 Å². The van der Waals surface area contributed by atoms with Crippen molar-refractivity contribution in [3.63, 3.8) is 0 Å². The molecule has 0 saturated carbocycles. The molecule has 1 atom stereocenters. The lowest BCUT2D eigenvalue weighted by Crippen LogP contribution is -2.36. The second-order valence-corrected chi connectivity index (χ2v) is 8.18. The molecule has 2 aromatic carbocycles. The number of carbonyl (C=O) groups excluding carboxylic acids is 1. The molecule has 0 aromatic heterocycles. The van der Waals surface area contributed by atoms with Crippen molar-refractivity contribution in [2.24, 2.45) is 22.2 Å². The number of sulfonamides is 1. The quantitative estimate of drug-likeness (QED) is 0.232. The zero-order chi connectivity index (χ0) is 21.4. The molecule has 0 bridgehead atoms. The largest absolute Gasteiger partial charge is 0.370 e. The first kappa shape index (κ1) is 22.2. The smallest absolute Gasteiger partial charge is 0.261 e. The van der Waals surface area contributed by atoms with Crippen LogP contribution in [0.1, 0.15) is 18.4 Å². The topological polar surface area (TPSA) is 166 Å². The Kier molecular flexibility index (Phi) is 7.57. The van der Waals surface area contributed by atoms with Crippen molar-refractivity contribution >= 4 is 33.3 Å². The van der Waals surface area contributed by atoms with Crippen LogP contribution in [0.3, 0.4) is 0 Å². The van der Waals surface area contributed by atoms with Gasteiger partial charge in [0.25, 0.3) is 10.0 Å². The third-order valence-electron chi connectivity index (χ3n) is 4.11. The summed E-state index contributed by atoms with van der Waals surface area (Å²) in [5.74, 6) is -0.380. The van der Waals surface area contributed by atoms with Gasteiger partial charge in [-0.15, -0.1) is 0 Å². The summed E-state index contributed by atoms with van der Waals surface area (Å²) in [6, 6.07) is 12.2. The Morgan fingerprint density at radius 1 is 1.14 bits per heavy atom. The molecule has 156 valence electrons. The average molecular weight is 419 g/mol. The van der Waals surface area contributed by atoms with Gasteiger partial charge in [0, 0.05) is 12.2 Å². The van der Waals surface area contributed by atoms with E-state index in [0.29, 0.717) is 30.8 Å².